The molecule has 0 aromatic heterocycles. The molecule has 0 atom stereocenters. The number of carbonyl (C=O) groups excluding carboxylic acids is 1. The maximum absolute atomic E-state index is 13.1. The molecule has 0 unspecified atom stereocenters. The normalized spacial score (nSPS) is 11.9. The van der Waals surface area contributed by atoms with Gasteiger partial charge in [0.05, 0.1) is 28.3 Å². The molecule has 5 nitrogen and oxygen atoms in total. The van der Waals surface area contributed by atoms with E-state index in [-0.39, 0.29) is 10.6 Å². The molecule has 0 heterocycles. The first-order valence-corrected chi connectivity index (χ1v) is 9.31. The summed E-state index contributed by atoms with van der Waals surface area (Å²) in [7, 11) is -3.29. The molecule has 0 saturated heterocycles. The SMILES string of the molecule is COC(=O)CN(c1ccc(Cl)c(C(F)(F)F)c1)S(=O)(=O)c1ccc(C)cc1. The van der Waals surface area contributed by atoms with Gasteiger partial charge in [-0.2, -0.15) is 13.2 Å². The second kappa shape index (κ2) is 7.77. The van der Waals surface area contributed by atoms with E-state index in [0.29, 0.717) is 10.4 Å². The molecule has 0 aliphatic carbocycles. The van der Waals surface area contributed by atoms with Crippen molar-refractivity contribution in [2.45, 2.75) is 18.0 Å². The van der Waals surface area contributed by atoms with Crippen LogP contribution in [0.5, 0.6) is 0 Å². The molecule has 2 aromatic rings. The number of aryl methyl sites for hydroxylation is 1. The fourth-order valence-corrected chi connectivity index (χ4v) is 3.85. The van der Waals surface area contributed by atoms with E-state index >= 15 is 0 Å². The molecular weight excluding hydrogens is 407 g/mol. The number of carbonyl (C=O) groups is 1. The second-order valence-corrected chi connectivity index (χ2v) is 7.83. The highest BCUT2D eigenvalue weighted by molar-refractivity contribution is 7.92. The first kappa shape index (κ1) is 21.0. The number of alkyl halides is 3. The predicted molar refractivity (Wildman–Crippen MR) is 94.2 cm³/mol. The molecule has 2 aromatic carbocycles. The smallest absolute Gasteiger partial charge is 0.417 e. The summed E-state index contributed by atoms with van der Waals surface area (Å²) >= 11 is 5.59. The van der Waals surface area contributed by atoms with Crippen molar-refractivity contribution in [1.29, 1.82) is 0 Å². The third-order valence-corrected chi connectivity index (χ3v) is 5.77. The van der Waals surface area contributed by atoms with Crippen molar-refractivity contribution in [2.75, 3.05) is 18.0 Å². The fourth-order valence-electron chi connectivity index (χ4n) is 2.22. The minimum atomic E-state index is -4.79. The third-order valence-electron chi connectivity index (χ3n) is 3.65. The summed E-state index contributed by atoms with van der Waals surface area (Å²) in [6.45, 7) is 0.947. The standard InChI is InChI=1S/C17H15ClF3NO4S/c1-11-3-6-13(7-4-11)27(24,25)22(10-16(23)26-2)12-5-8-15(18)14(9-12)17(19,20)21/h3-9H,10H2,1-2H3. The fraction of sp³-hybridized carbons (Fsp3) is 0.235. The lowest BCUT2D eigenvalue weighted by Crippen LogP contribution is -2.36. The van der Waals surface area contributed by atoms with Gasteiger partial charge in [-0.3, -0.25) is 9.10 Å². The van der Waals surface area contributed by atoms with Crippen molar-refractivity contribution < 1.29 is 31.1 Å². The van der Waals surface area contributed by atoms with Crippen LogP contribution in [0.15, 0.2) is 47.4 Å². The Morgan fingerprint density at radius 2 is 1.74 bits per heavy atom. The highest BCUT2D eigenvalue weighted by Crippen LogP contribution is 2.38. The molecule has 2 rings (SSSR count). The number of benzene rings is 2. The van der Waals surface area contributed by atoms with Gasteiger partial charge in [0.2, 0.25) is 0 Å². The highest BCUT2D eigenvalue weighted by Gasteiger charge is 2.35. The van der Waals surface area contributed by atoms with Gasteiger partial charge in [0.1, 0.15) is 6.54 Å². The molecule has 0 fully saturated rings. The molecule has 0 bridgehead atoms. The summed E-state index contributed by atoms with van der Waals surface area (Å²) < 4.78 is 70.3. The molecule has 0 saturated carbocycles. The van der Waals surface area contributed by atoms with E-state index in [2.05, 4.69) is 4.74 Å². The van der Waals surface area contributed by atoms with Gasteiger partial charge in [0.15, 0.2) is 0 Å². The van der Waals surface area contributed by atoms with Crippen LogP contribution in [0.25, 0.3) is 0 Å². The van der Waals surface area contributed by atoms with Gasteiger partial charge in [-0.1, -0.05) is 29.3 Å². The van der Waals surface area contributed by atoms with Crippen LogP contribution < -0.4 is 4.31 Å². The van der Waals surface area contributed by atoms with Crippen molar-refractivity contribution in [2.24, 2.45) is 0 Å². The van der Waals surface area contributed by atoms with Gasteiger partial charge < -0.3 is 4.74 Å². The number of rotatable bonds is 5. The average molecular weight is 422 g/mol. The first-order valence-electron chi connectivity index (χ1n) is 7.50. The number of ether oxygens (including phenoxy) is 1. The Balaban J connectivity index is 2.62. The van der Waals surface area contributed by atoms with E-state index in [1.54, 1.807) is 6.92 Å². The Morgan fingerprint density at radius 3 is 2.26 bits per heavy atom. The Labute approximate surface area is 159 Å². The number of halogens is 4. The lowest BCUT2D eigenvalue weighted by atomic mass is 10.2. The summed E-state index contributed by atoms with van der Waals surface area (Å²) in [5, 5.41) is -0.586. The van der Waals surface area contributed by atoms with Crippen molar-refractivity contribution in [3.63, 3.8) is 0 Å². The van der Waals surface area contributed by atoms with Crippen molar-refractivity contribution >= 4 is 33.3 Å². The van der Waals surface area contributed by atoms with E-state index < -0.39 is 39.3 Å². The van der Waals surface area contributed by atoms with Gasteiger partial charge in [0.25, 0.3) is 10.0 Å². The molecule has 0 N–H and O–H groups in total. The van der Waals surface area contributed by atoms with Crippen molar-refractivity contribution in [3.8, 4) is 0 Å². The molecule has 0 spiro atoms. The maximum Gasteiger partial charge on any atom is 0.417 e. The minimum Gasteiger partial charge on any atom is -0.468 e. The zero-order valence-corrected chi connectivity index (χ0v) is 15.8. The predicted octanol–water partition coefficient (Wildman–Crippen LogP) is 4.04. The number of hydrogen-bond acceptors (Lipinski definition) is 4. The highest BCUT2D eigenvalue weighted by atomic mass is 35.5. The molecule has 10 heteroatoms. The lowest BCUT2D eigenvalue weighted by molar-refractivity contribution is -0.138. The monoisotopic (exact) mass is 421 g/mol. The van der Waals surface area contributed by atoms with E-state index in [0.717, 1.165) is 24.8 Å². The molecule has 0 aliphatic heterocycles. The summed E-state index contributed by atoms with van der Waals surface area (Å²) in [6, 6.07) is 8.27. The number of methoxy groups -OCH3 is 1. The summed E-state index contributed by atoms with van der Waals surface area (Å²) in [5.41, 5.74) is -0.785. The number of anilines is 1. The van der Waals surface area contributed by atoms with Crippen molar-refractivity contribution in [1.82, 2.24) is 0 Å². The second-order valence-electron chi connectivity index (χ2n) is 5.56. The molecule has 146 valence electrons. The lowest BCUT2D eigenvalue weighted by Gasteiger charge is -2.24. The summed E-state index contributed by atoms with van der Waals surface area (Å²) in [4.78, 5) is 11.5. The van der Waals surface area contributed by atoms with Gasteiger partial charge >= 0.3 is 12.1 Å². The van der Waals surface area contributed by atoms with E-state index in [1.807, 2.05) is 0 Å². The number of hydrogen-bond donors (Lipinski definition) is 0. The third kappa shape index (κ3) is 4.72. The minimum absolute atomic E-state index is 0.180. The molecule has 0 aliphatic rings. The number of sulfonamides is 1. The van der Waals surface area contributed by atoms with Crippen LogP contribution >= 0.6 is 11.6 Å². The van der Waals surface area contributed by atoms with Crippen molar-refractivity contribution in [3.05, 3.63) is 58.6 Å². The van der Waals surface area contributed by atoms with Crippen LogP contribution in [0.1, 0.15) is 11.1 Å². The number of nitrogens with zero attached hydrogens (tertiary/aromatic N) is 1. The maximum atomic E-state index is 13.1. The first-order chi connectivity index (χ1) is 12.5. The quantitative estimate of drug-likeness (QED) is 0.684. The molecule has 0 amide bonds. The Kier molecular flexibility index (Phi) is 6.06. The van der Waals surface area contributed by atoms with Crippen LogP contribution in [0.4, 0.5) is 18.9 Å². The van der Waals surface area contributed by atoms with Gasteiger partial charge in [-0.25, -0.2) is 8.42 Å². The zero-order valence-electron chi connectivity index (χ0n) is 14.2. The van der Waals surface area contributed by atoms with Crippen LogP contribution in [0.3, 0.4) is 0 Å². The van der Waals surface area contributed by atoms with Gasteiger partial charge in [-0.15, -0.1) is 0 Å². The Bertz CT molecular complexity index is 944. The van der Waals surface area contributed by atoms with E-state index in [4.69, 9.17) is 11.6 Å². The molecule has 27 heavy (non-hydrogen) atoms. The summed E-state index contributed by atoms with van der Waals surface area (Å²) in [6.07, 6.45) is -4.79. The molecular formula is C17H15ClF3NO4S. The summed E-state index contributed by atoms with van der Waals surface area (Å²) in [5.74, 6) is -0.936. The zero-order chi connectivity index (χ0) is 20.4. The van der Waals surface area contributed by atoms with Gasteiger partial charge in [-0.05, 0) is 37.3 Å². The number of esters is 1. The topological polar surface area (TPSA) is 63.7 Å². The van der Waals surface area contributed by atoms with E-state index in [9.17, 15) is 26.4 Å². The van der Waals surface area contributed by atoms with Crippen LogP contribution in [-0.4, -0.2) is 28.0 Å². The van der Waals surface area contributed by atoms with Crippen LogP contribution in [0, 0.1) is 6.92 Å². The average Bonchev–Trinajstić information content (AvgIpc) is 2.59. The van der Waals surface area contributed by atoms with Crippen LogP contribution in [-0.2, 0) is 25.7 Å². The Hall–Kier alpha value is -2.26. The largest absolute Gasteiger partial charge is 0.468 e. The Morgan fingerprint density at radius 1 is 1.15 bits per heavy atom. The van der Waals surface area contributed by atoms with Gasteiger partial charge in [0, 0.05) is 0 Å². The van der Waals surface area contributed by atoms with Crippen LogP contribution in [0.2, 0.25) is 5.02 Å². The van der Waals surface area contributed by atoms with E-state index in [1.165, 1.54) is 24.3 Å². The molecule has 0 radical (unpaired) electrons.